The largest absolute Gasteiger partial charge is 0.397 e. The first kappa shape index (κ1) is 13.1. The zero-order chi connectivity index (χ0) is 12.0. The second-order valence-corrected chi connectivity index (χ2v) is 4.58. The second kappa shape index (κ2) is 6.55. The van der Waals surface area contributed by atoms with Gasteiger partial charge in [0, 0.05) is 11.0 Å². The Balaban J connectivity index is 2.29. The first-order chi connectivity index (χ1) is 7.59. The minimum atomic E-state index is 0.609. The number of hydrogen-bond donors (Lipinski definition) is 2. The fourth-order valence-corrected chi connectivity index (χ4v) is 1.58. The molecular formula is C12H17BrN2O. The van der Waals surface area contributed by atoms with Crippen molar-refractivity contribution >= 4 is 27.3 Å². The third kappa shape index (κ3) is 4.68. The van der Waals surface area contributed by atoms with Gasteiger partial charge in [0.15, 0.2) is 0 Å². The average molecular weight is 285 g/mol. The van der Waals surface area contributed by atoms with E-state index in [1.165, 1.54) is 0 Å². The Morgan fingerprint density at radius 3 is 2.94 bits per heavy atom. The summed E-state index contributed by atoms with van der Waals surface area (Å²) in [6.07, 6.45) is 0. The van der Waals surface area contributed by atoms with Crippen LogP contribution in [0.25, 0.3) is 0 Å². The number of benzene rings is 1. The molecule has 0 aromatic heterocycles. The van der Waals surface area contributed by atoms with Gasteiger partial charge in [-0.15, -0.1) is 0 Å². The maximum absolute atomic E-state index is 5.84. The molecule has 0 unspecified atom stereocenters. The van der Waals surface area contributed by atoms with Crippen LogP contribution in [0.1, 0.15) is 6.92 Å². The molecular weight excluding hydrogens is 268 g/mol. The highest BCUT2D eigenvalue weighted by Gasteiger charge is 1.98. The van der Waals surface area contributed by atoms with E-state index in [2.05, 4.69) is 27.8 Å². The molecule has 0 spiro atoms. The molecule has 0 heterocycles. The summed E-state index contributed by atoms with van der Waals surface area (Å²) in [5.74, 6) is 0. The van der Waals surface area contributed by atoms with Gasteiger partial charge in [-0.25, -0.2) is 0 Å². The van der Waals surface area contributed by atoms with Crippen molar-refractivity contribution in [3.63, 3.8) is 0 Å². The molecule has 1 aromatic rings. The third-order valence-electron chi connectivity index (χ3n) is 1.92. The smallest absolute Gasteiger partial charge is 0.0672 e. The van der Waals surface area contributed by atoms with E-state index in [1.54, 1.807) is 0 Å². The molecule has 16 heavy (non-hydrogen) atoms. The number of ether oxygens (including phenoxy) is 1. The van der Waals surface area contributed by atoms with Crippen molar-refractivity contribution in [2.45, 2.75) is 6.92 Å². The molecule has 4 heteroatoms. The fraction of sp³-hybridized carbons (Fsp3) is 0.333. The van der Waals surface area contributed by atoms with E-state index in [-0.39, 0.29) is 0 Å². The van der Waals surface area contributed by atoms with Gasteiger partial charge in [-0.05, 0) is 25.1 Å². The van der Waals surface area contributed by atoms with Crippen LogP contribution in [0.4, 0.5) is 11.4 Å². The molecule has 0 atom stereocenters. The number of anilines is 2. The van der Waals surface area contributed by atoms with Gasteiger partial charge in [-0.3, -0.25) is 0 Å². The molecule has 0 saturated heterocycles. The minimum absolute atomic E-state index is 0.609. The zero-order valence-electron chi connectivity index (χ0n) is 9.42. The highest BCUT2D eigenvalue weighted by molar-refractivity contribution is 9.10. The lowest BCUT2D eigenvalue weighted by molar-refractivity contribution is 0.167. The van der Waals surface area contributed by atoms with Crippen molar-refractivity contribution in [2.75, 3.05) is 30.8 Å². The Hall–Kier alpha value is -1.00. The van der Waals surface area contributed by atoms with Gasteiger partial charge in [0.1, 0.15) is 0 Å². The molecule has 0 aliphatic heterocycles. The lowest BCUT2D eigenvalue weighted by Gasteiger charge is -2.09. The molecule has 0 fully saturated rings. The van der Waals surface area contributed by atoms with Gasteiger partial charge in [0.2, 0.25) is 0 Å². The van der Waals surface area contributed by atoms with Crippen LogP contribution in [0.2, 0.25) is 0 Å². The van der Waals surface area contributed by atoms with Crippen LogP contribution >= 0.6 is 15.9 Å². The molecule has 88 valence electrons. The Morgan fingerprint density at radius 2 is 2.31 bits per heavy atom. The van der Waals surface area contributed by atoms with Crippen molar-refractivity contribution in [2.24, 2.45) is 0 Å². The Kier molecular flexibility index (Phi) is 5.35. The first-order valence-corrected chi connectivity index (χ1v) is 5.90. The standard InChI is InChI=1S/C12H17BrN2O/c1-9(2)8-16-6-5-15-12-4-3-10(13)7-11(12)14/h3-4,7,15H,1,5-6,8,14H2,2H3. The zero-order valence-corrected chi connectivity index (χ0v) is 11.0. The molecule has 3 N–H and O–H groups in total. The van der Waals surface area contributed by atoms with Crippen LogP contribution in [-0.4, -0.2) is 19.8 Å². The SMILES string of the molecule is C=C(C)COCCNc1ccc(Br)cc1N. The summed E-state index contributed by atoms with van der Waals surface area (Å²) in [6.45, 7) is 7.69. The summed E-state index contributed by atoms with van der Waals surface area (Å²) in [6, 6.07) is 5.77. The first-order valence-electron chi connectivity index (χ1n) is 5.10. The second-order valence-electron chi connectivity index (χ2n) is 3.67. The number of nitrogens with one attached hydrogen (secondary N) is 1. The van der Waals surface area contributed by atoms with Crippen LogP contribution in [0, 0.1) is 0 Å². The van der Waals surface area contributed by atoms with Crippen molar-refractivity contribution in [1.82, 2.24) is 0 Å². The molecule has 0 saturated carbocycles. The predicted molar refractivity (Wildman–Crippen MR) is 72.7 cm³/mol. The van der Waals surface area contributed by atoms with E-state index in [0.717, 1.165) is 28.0 Å². The number of rotatable bonds is 6. The van der Waals surface area contributed by atoms with E-state index in [1.807, 2.05) is 25.1 Å². The lowest BCUT2D eigenvalue weighted by atomic mass is 10.3. The van der Waals surface area contributed by atoms with E-state index in [9.17, 15) is 0 Å². The summed E-state index contributed by atoms with van der Waals surface area (Å²) in [5.41, 5.74) is 8.53. The molecule has 0 aliphatic rings. The molecule has 1 rings (SSSR count). The maximum Gasteiger partial charge on any atom is 0.0672 e. The number of halogens is 1. The Labute approximate surface area is 105 Å². The molecule has 0 amide bonds. The molecule has 3 nitrogen and oxygen atoms in total. The van der Waals surface area contributed by atoms with Crippen LogP contribution in [0.3, 0.4) is 0 Å². The monoisotopic (exact) mass is 284 g/mol. The van der Waals surface area contributed by atoms with Crippen LogP contribution in [0.15, 0.2) is 34.8 Å². The summed E-state index contributed by atoms with van der Waals surface area (Å²) in [5, 5.41) is 3.21. The van der Waals surface area contributed by atoms with Crippen molar-refractivity contribution < 1.29 is 4.74 Å². The van der Waals surface area contributed by atoms with Crippen LogP contribution in [-0.2, 0) is 4.74 Å². The molecule has 1 aromatic carbocycles. The van der Waals surface area contributed by atoms with Gasteiger partial charge in [0.25, 0.3) is 0 Å². The van der Waals surface area contributed by atoms with Crippen LogP contribution < -0.4 is 11.1 Å². The summed E-state index contributed by atoms with van der Waals surface area (Å²) >= 11 is 3.36. The van der Waals surface area contributed by atoms with E-state index in [4.69, 9.17) is 10.5 Å². The molecule has 0 aliphatic carbocycles. The number of nitrogens with two attached hydrogens (primary N) is 1. The van der Waals surface area contributed by atoms with Gasteiger partial charge in [-0.2, -0.15) is 0 Å². The lowest BCUT2D eigenvalue weighted by Crippen LogP contribution is -2.11. The number of nitrogen functional groups attached to an aromatic ring is 1. The number of hydrogen-bond acceptors (Lipinski definition) is 3. The predicted octanol–water partition coefficient (Wildman–Crippen LogP) is 3.04. The van der Waals surface area contributed by atoms with Crippen LogP contribution in [0.5, 0.6) is 0 Å². The Morgan fingerprint density at radius 1 is 1.56 bits per heavy atom. The fourth-order valence-electron chi connectivity index (χ4n) is 1.20. The van der Waals surface area contributed by atoms with Gasteiger partial charge >= 0.3 is 0 Å². The quantitative estimate of drug-likeness (QED) is 0.480. The summed E-state index contributed by atoms with van der Waals surface area (Å²) in [4.78, 5) is 0. The van der Waals surface area contributed by atoms with Crippen molar-refractivity contribution in [3.8, 4) is 0 Å². The van der Waals surface area contributed by atoms with Gasteiger partial charge < -0.3 is 15.8 Å². The normalized spacial score (nSPS) is 10.1. The Bertz CT molecular complexity index is 366. The minimum Gasteiger partial charge on any atom is -0.397 e. The van der Waals surface area contributed by atoms with Gasteiger partial charge in [-0.1, -0.05) is 28.1 Å². The topological polar surface area (TPSA) is 47.3 Å². The van der Waals surface area contributed by atoms with E-state index >= 15 is 0 Å². The highest BCUT2D eigenvalue weighted by Crippen LogP contribution is 2.22. The van der Waals surface area contributed by atoms with Crippen molar-refractivity contribution in [3.05, 3.63) is 34.8 Å². The van der Waals surface area contributed by atoms with Gasteiger partial charge in [0.05, 0.1) is 24.6 Å². The van der Waals surface area contributed by atoms with E-state index < -0.39 is 0 Å². The molecule has 0 radical (unpaired) electrons. The van der Waals surface area contributed by atoms with E-state index in [0.29, 0.717) is 13.2 Å². The van der Waals surface area contributed by atoms with Crippen molar-refractivity contribution in [1.29, 1.82) is 0 Å². The third-order valence-corrected chi connectivity index (χ3v) is 2.42. The average Bonchev–Trinajstić information content (AvgIpc) is 2.20. The summed E-state index contributed by atoms with van der Waals surface area (Å²) in [7, 11) is 0. The highest BCUT2D eigenvalue weighted by atomic mass is 79.9. The molecule has 0 bridgehead atoms. The summed E-state index contributed by atoms with van der Waals surface area (Å²) < 4.78 is 6.35. The maximum atomic E-state index is 5.84.